The van der Waals surface area contributed by atoms with Gasteiger partial charge in [0, 0.05) is 36.3 Å². The van der Waals surface area contributed by atoms with Gasteiger partial charge in [0.1, 0.15) is 5.82 Å². The Balaban J connectivity index is 1.59. The fraction of sp³-hybridized carbons (Fsp3) is 0.455. The maximum Gasteiger partial charge on any atom is 0.316 e. The van der Waals surface area contributed by atoms with E-state index in [0.29, 0.717) is 31.1 Å². The second-order valence-corrected chi connectivity index (χ2v) is 8.31. The molecule has 2 aromatic rings. The number of nitrogens with zero attached hydrogens (tertiary/aromatic N) is 4. The summed E-state index contributed by atoms with van der Waals surface area (Å²) < 4.78 is 5.64. The highest BCUT2D eigenvalue weighted by Gasteiger charge is 2.40. The molecule has 3 aliphatic heterocycles. The standard InChI is InChI=1S/C22H26N6O3/c1-13-12-31-11-10-27(13)21-16-8-9-28-17(6-7-18(28)29)19(16)25-20(26-21)14-2-4-15(5-3-14)24-22(23)30/h2-5,13,17H,6-12H2,1H3,(H3,23,24,30)/t13-,17?/m0/s1. The summed E-state index contributed by atoms with van der Waals surface area (Å²) in [7, 11) is 0. The van der Waals surface area contributed by atoms with Crippen molar-refractivity contribution in [3.63, 3.8) is 0 Å². The first kappa shape index (κ1) is 19.7. The number of morpholine rings is 1. The Morgan fingerprint density at radius 1 is 1.16 bits per heavy atom. The molecule has 1 unspecified atom stereocenters. The first-order chi connectivity index (χ1) is 15.0. The fourth-order valence-electron chi connectivity index (χ4n) is 4.79. The van der Waals surface area contributed by atoms with E-state index in [1.54, 1.807) is 12.1 Å². The number of carbonyl (C=O) groups is 2. The Kier molecular flexibility index (Phi) is 4.97. The van der Waals surface area contributed by atoms with E-state index in [9.17, 15) is 9.59 Å². The number of benzene rings is 1. The molecule has 3 aliphatic rings. The van der Waals surface area contributed by atoms with Crippen LogP contribution in [0.2, 0.25) is 0 Å². The highest BCUT2D eigenvalue weighted by atomic mass is 16.5. The van der Waals surface area contributed by atoms with Crippen molar-refractivity contribution in [3.8, 4) is 11.4 Å². The minimum atomic E-state index is -0.604. The fourth-order valence-corrected chi connectivity index (χ4v) is 4.79. The SMILES string of the molecule is C[C@H]1COCCN1c1nc(-c2ccc(NC(N)=O)cc2)nc2c1CCN1C(=O)CCC21. The maximum absolute atomic E-state index is 12.3. The number of anilines is 2. The summed E-state index contributed by atoms with van der Waals surface area (Å²) in [5.41, 5.74) is 8.79. The van der Waals surface area contributed by atoms with Crippen molar-refractivity contribution in [2.75, 3.05) is 36.5 Å². The number of hydrogen-bond acceptors (Lipinski definition) is 6. The lowest BCUT2D eigenvalue weighted by Gasteiger charge is -2.38. The minimum absolute atomic E-state index is 0.0175. The normalized spacial score (nSPS) is 22.8. The van der Waals surface area contributed by atoms with Crippen LogP contribution in [0, 0.1) is 0 Å². The monoisotopic (exact) mass is 422 g/mol. The van der Waals surface area contributed by atoms with Gasteiger partial charge < -0.3 is 25.6 Å². The zero-order valence-electron chi connectivity index (χ0n) is 17.5. The van der Waals surface area contributed by atoms with Gasteiger partial charge in [-0.1, -0.05) is 0 Å². The molecule has 0 aliphatic carbocycles. The molecule has 2 fully saturated rings. The Morgan fingerprint density at radius 3 is 2.71 bits per heavy atom. The second kappa shape index (κ2) is 7.81. The summed E-state index contributed by atoms with van der Waals surface area (Å²) in [5, 5.41) is 2.57. The van der Waals surface area contributed by atoms with Gasteiger partial charge in [0.05, 0.1) is 31.0 Å². The van der Waals surface area contributed by atoms with Crippen molar-refractivity contribution < 1.29 is 14.3 Å². The molecule has 5 rings (SSSR count). The van der Waals surface area contributed by atoms with Crippen molar-refractivity contribution >= 4 is 23.4 Å². The van der Waals surface area contributed by atoms with Crippen LogP contribution in [0.4, 0.5) is 16.3 Å². The van der Waals surface area contributed by atoms with E-state index in [2.05, 4.69) is 17.1 Å². The third-order valence-corrected chi connectivity index (χ3v) is 6.31. The topological polar surface area (TPSA) is 114 Å². The van der Waals surface area contributed by atoms with Crippen molar-refractivity contribution in [1.82, 2.24) is 14.9 Å². The highest BCUT2D eigenvalue weighted by molar-refractivity contribution is 5.88. The number of nitrogens with one attached hydrogen (secondary N) is 1. The van der Waals surface area contributed by atoms with Crippen LogP contribution in [0.3, 0.4) is 0 Å². The molecule has 3 amide bonds. The zero-order chi connectivity index (χ0) is 21.5. The van der Waals surface area contributed by atoms with Crippen LogP contribution < -0.4 is 16.0 Å². The summed E-state index contributed by atoms with van der Waals surface area (Å²) >= 11 is 0. The average Bonchev–Trinajstić information content (AvgIpc) is 3.15. The van der Waals surface area contributed by atoms with E-state index in [4.69, 9.17) is 20.4 Å². The van der Waals surface area contributed by atoms with E-state index >= 15 is 0 Å². The van der Waals surface area contributed by atoms with Gasteiger partial charge >= 0.3 is 6.03 Å². The van der Waals surface area contributed by atoms with Crippen LogP contribution in [0.5, 0.6) is 0 Å². The van der Waals surface area contributed by atoms with Crippen LogP contribution in [0.1, 0.15) is 37.1 Å². The largest absolute Gasteiger partial charge is 0.377 e. The third-order valence-electron chi connectivity index (χ3n) is 6.31. The van der Waals surface area contributed by atoms with Crippen molar-refractivity contribution in [2.45, 2.75) is 38.3 Å². The summed E-state index contributed by atoms with van der Waals surface area (Å²) in [5.74, 6) is 1.78. The third kappa shape index (κ3) is 3.59. The van der Waals surface area contributed by atoms with E-state index in [0.717, 1.165) is 48.6 Å². The van der Waals surface area contributed by atoms with Gasteiger partial charge in [-0.25, -0.2) is 14.8 Å². The number of rotatable bonds is 3. The number of ether oxygens (including phenoxy) is 1. The van der Waals surface area contributed by atoms with E-state index in [-0.39, 0.29) is 18.0 Å². The Bertz CT molecular complexity index is 1020. The molecule has 3 N–H and O–H groups in total. The number of nitrogens with two attached hydrogens (primary N) is 1. The predicted octanol–water partition coefficient (Wildman–Crippen LogP) is 2.08. The van der Waals surface area contributed by atoms with Gasteiger partial charge in [-0.05, 0) is 44.0 Å². The van der Waals surface area contributed by atoms with Crippen LogP contribution in [-0.4, -0.2) is 59.2 Å². The number of urea groups is 1. The molecule has 0 saturated carbocycles. The quantitative estimate of drug-likeness (QED) is 0.783. The summed E-state index contributed by atoms with van der Waals surface area (Å²) in [6, 6.07) is 6.94. The number of primary amides is 1. The van der Waals surface area contributed by atoms with Gasteiger partial charge in [-0.2, -0.15) is 0 Å². The molecule has 1 aromatic heterocycles. The summed E-state index contributed by atoms with van der Waals surface area (Å²) in [6.07, 6.45) is 2.13. The van der Waals surface area contributed by atoms with Crippen LogP contribution in [0.15, 0.2) is 24.3 Å². The number of amides is 3. The second-order valence-electron chi connectivity index (χ2n) is 8.31. The van der Waals surface area contributed by atoms with E-state index < -0.39 is 6.03 Å². The predicted molar refractivity (Wildman–Crippen MR) is 116 cm³/mol. The first-order valence-corrected chi connectivity index (χ1v) is 10.7. The molecule has 162 valence electrons. The molecule has 2 saturated heterocycles. The van der Waals surface area contributed by atoms with Gasteiger partial charge in [-0.15, -0.1) is 0 Å². The number of aromatic nitrogens is 2. The van der Waals surface area contributed by atoms with Crippen molar-refractivity contribution in [3.05, 3.63) is 35.5 Å². The highest BCUT2D eigenvalue weighted by Crippen LogP contribution is 2.41. The number of hydrogen-bond donors (Lipinski definition) is 2. The zero-order valence-corrected chi connectivity index (χ0v) is 17.5. The van der Waals surface area contributed by atoms with Crippen LogP contribution in [-0.2, 0) is 16.0 Å². The van der Waals surface area contributed by atoms with Crippen LogP contribution in [0.25, 0.3) is 11.4 Å². The average molecular weight is 422 g/mol. The minimum Gasteiger partial charge on any atom is -0.377 e. The maximum atomic E-state index is 12.3. The lowest BCUT2D eigenvalue weighted by atomic mass is 9.97. The van der Waals surface area contributed by atoms with Gasteiger partial charge in [-0.3, -0.25) is 4.79 Å². The molecular formula is C22H26N6O3. The molecule has 2 atom stereocenters. The van der Waals surface area contributed by atoms with Crippen LogP contribution >= 0.6 is 0 Å². The smallest absolute Gasteiger partial charge is 0.316 e. The van der Waals surface area contributed by atoms with Crippen molar-refractivity contribution in [2.24, 2.45) is 5.73 Å². The molecule has 1 aromatic carbocycles. The van der Waals surface area contributed by atoms with E-state index in [1.165, 1.54) is 0 Å². The number of fused-ring (bicyclic) bond motifs is 3. The van der Waals surface area contributed by atoms with Gasteiger partial charge in [0.15, 0.2) is 5.82 Å². The molecule has 0 radical (unpaired) electrons. The molecule has 4 heterocycles. The molecule has 0 bridgehead atoms. The lowest BCUT2D eigenvalue weighted by Crippen LogP contribution is -2.45. The lowest BCUT2D eigenvalue weighted by molar-refractivity contribution is -0.129. The molecule has 9 nitrogen and oxygen atoms in total. The first-order valence-electron chi connectivity index (χ1n) is 10.7. The van der Waals surface area contributed by atoms with Gasteiger partial charge in [0.2, 0.25) is 5.91 Å². The molecule has 0 spiro atoms. The Morgan fingerprint density at radius 2 is 1.97 bits per heavy atom. The molecular weight excluding hydrogens is 396 g/mol. The van der Waals surface area contributed by atoms with Crippen molar-refractivity contribution in [1.29, 1.82) is 0 Å². The molecule has 9 heteroatoms. The Hall–Kier alpha value is -3.20. The van der Waals surface area contributed by atoms with Gasteiger partial charge in [0.25, 0.3) is 0 Å². The molecule has 31 heavy (non-hydrogen) atoms. The summed E-state index contributed by atoms with van der Waals surface area (Å²) in [4.78, 5) is 37.7. The summed E-state index contributed by atoms with van der Waals surface area (Å²) in [6.45, 7) is 4.97. The number of carbonyl (C=O) groups excluding carboxylic acids is 2. The van der Waals surface area contributed by atoms with E-state index in [1.807, 2.05) is 17.0 Å². The Labute approximate surface area is 180 Å².